The highest BCUT2D eigenvalue weighted by molar-refractivity contribution is 14.0. The first-order valence-corrected chi connectivity index (χ1v) is 8.67. The minimum Gasteiger partial charge on any atom is -0.492 e. The number of nitrogens with zero attached hydrogens (tertiary/aromatic N) is 2. The molecule has 8 heteroatoms. The van der Waals surface area contributed by atoms with Crippen LogP contribution < -0.4 is 15.4 Å². The van der Waals surface area contributed by atoms with Gasteiger partial charge in [-0.15, -0.1) is 35.3 Å². The molecule has 2 aromatic rings. The lowest BCUT2D eigenvalue weighted by Crippen LogP contribution is -2.40. The molecule has 0 atom stereocenters. The average molecular weight is 481 g/mol. The van der Waals surface area contributed by atoms with E-state index in [0.717, 1.165) is 35.4 Å². The summed E-state index contributed by atoms with van der Waals surface area (Å²) in [5, 5.41) is 10.3. The minimum absolute atomic E-state index is 0. The molecular weight excluding hydrogens is 459 g/mol. The molecule has 2 N–H and O–H groups in total. The van der Waals surface area contributed by atoms with Gasteiger partial charge in [0.05, 0.1) is 17.2 Å². The van der Waals surface area contributed by atoms with E-state index in [1.54, 1.807) is 24.5 Å². The SMILES string of the molecule is CN=C(NCCOc1cccc(Cl)c1)NCCc1csc(C)n1.I. The highest BCUT2D eigenvalue weighted by Gasteiger charge is 2.01. The van der Waals surface area contributed by atoms with Crippen LogP contribution in [0.25, 0.3) is 0 Å². The van der Waals surface area contributed by atoms with Crippen LogP contribution in [0.15, 0.2) is 34.6 Å². The summed E-state index contributed by atoms with van der Waals surface area (Å²) in [4.78, 5) is 8.62. The summed E-state index contributed by atoms with van der Waals surface area (Å²) >= 11 is 7.58. The van der Waals surface area contributed by atoms with Crippen LogP contribution in [-0.4, -0.2) is 37.7 Å². The van der Waals surface area contributed by atoms with Gasteiger partial charge in [0, 0.05) is 30.4 Å². The number of hydrogen-bond acceptors (Lipinski definition) is 4. The summed E-state index contributed by atoms with van der Waals surface area (Å²) in [6.07, 6.45) is 0.879. The van der Waals surface area contributed by atoms with Gasteiger partial charge in [0.15, 0.2) is 5.96 Å². The largest absolute Gasteiger partial charge is 0.492 e. The number of halogens is 2. The first kappa shape index (κ1) is 21.0. The van der Waals surface area contributed by atoms with Crippen molar-refractivity contribution in [2.24, 2.45) is 4.99 Å². The Hall–Kier alpha value is -1.06. The van der Waals surface area contributed by atoms with E-state index < -0.39 is 0 Å². The molecule has 0 aliphatic carbocycles. The third-order valence-electron chi connectivity index (χ3n) is 3.02. The molecule has 0 amide bonds. The van der Waals surface area contributed by atoms with Crippen LogP contribution in [0.1, 0.15) is 10.7 Å². The van der Waals surface area contributed by atoms with Crippen molar-refractivity contribution in [3.05, 3.63) is 45.4 Å². The van der Waals surface area contributed by atoms with Crippen molar-refractivity contribution < 1.29 is 4.74 Å². The zero-order valence-corrected chi connectivity index (χ0v) is 17.6. The number of nitrogens with one attached hydrogen (secondary N) is 2. The normalized spacial score (nSPS) is 10.9. The van der Waals surface area contributed by atoms with Crippen molar-refractivity contribution >= 4 is 52.9 Å². The number of aromatic nitrogens is 1. The Kier molecular flexibility index (Phi) is 10.0. The van der Waals surface area contributed by atoms with Crippen molar-refractivity contribution in [2.45, 2.75) is 13.3 Å². The molecule has 0 radical (unpaired) electrons. The molecule has 0 spiro atoms. The van der Waals surface area contributed by atoms with Crippen LogP contribution in [-0.2, 0) is 6.42 Å². The predicted molar refractivity (Wildman–Crippen MR) is 112 cm³/mol. The molecule has 0 saturated heterocycles. The predicted octanol–water partition coefficient (Wildman–Crippen LogP) is 3.51. The molecule has 132 valence electrons. The fraction of sp³-hybridized carbons (Fsp3) is 0.375. The third-order valence-corrected chi connectivity index (χ3v) is 4.08. The second-order valence-corrected chi connectivity index (χ2v) is 6.34. The first-order chi connectivity index (χ1) is 11.2. The number of thiazole rings is 1. The molecule has 0 bridgehead atoms. The van der Waals surface area contributed by atoms with E-state index in [1.165, 1.54) is 0 Å². The molecule has 24 heavy (non-hydrogen) atoms. The lowest BCUT2D eigenvalue weighted by Gasteiger charge is -2.12. The number of benzene rings is 1. The molecule has 5 nitrogen and oxygen atoms in total. The van der Waals surface area contributed by atoms with E-state index >= 15 is 0 Å². The van der Waals surface area contributed by atoms with Crippen molar-refractivity contribution in [1.82, 2.24) is 15.6 Å². The van der Waals surface area contributed by atoms with Crippen molar-refractivity contribution in [3.8, 4) is 5.75 Å². The molecule has 0 fully saturated rings. The van der Waals surface area contributed by atoms with Crippen LogP contribution in [0, 0.1) is 6.92 Å². The van der Waals surface area contributed by atoms with Crippen LogP contribution >= 0.6 is 46.9 Å². The summed E-state index contributed by atoms with van der Waals surface area (Å²) in [5.41, 5.74) is 1.11. The molecule has 2 rings (SSSR count). The molecule has 0 unspecified atom stereocenters. The topological polar surface area (TPSA) is 58.5 Å². The van der Waals surface area contributed by atoms with E-state index in [0.29, 0.717) is 18.2 Å². The van der Waals surface area contributed by atoms with Crippen LogP contribution in [0.2, 0.25) is 5.02 Å². The quantitative estimate of drug-likeness (QED) is 0.276. The zero-order valence-electron chi connectivity index (χ0n) is 13.7. The van der Waals surface area contributed by atoms with Gasteiger partial charge in [-0.25, -0.2) is 4.98 Å². The molecule has 1 aromatic carbocycles. The summed E-state index contributed by atoms with van der Waals surface area (Å²) in [5.74, 6) is 1.52. The number of guanidine groups is 1. The molecule has 1 heterocycles. The lowest BCUT2D eigenvalue weighted by atomic mass is 10.3. The number of hydrogen-bond donors (Lipinski definition) is 2. The van der Waals surface area contributed by atoms with Gasteiger partial charge in [-0.05, 0) is 25.1 Å². The smallest absolute Gasteiger partial charge is 0.191 e. The van der Waals surface area contributed by atoms with Gasteiger partial charge in [-0.2, -0.15) is 0 Å². The number of ether oxygens (including phenoxy) is 1. The highest BCUT2D eigenvalue weighted by atomic mass is 127. The van der Waals surface area contributed by atoms with E-state index in [2.05, 4.69) is 26.0 Å². The number of aryl methyl sites for hydroxylation is 1. The highest BCUT2D eigenvalue weighted by Crippen LogP contribution is 2.16. The maximum absolute atomic E-state index is 5.91. The Morgan fingerprint density at radius 3 is 2.79 bits per heavy atom. The van der Waals surface area contributed by atoms with Crippen molar-refractivity contribution in [2.75, 3.05) is 26.7 Å². The lowest BCUT2D eigenvalue weighted by molar-refractivity contribution is 0.322. The van der Waals surface area contributed by atoms with Gasteiger partial charge in [-0.1, -0.05) is 17.7 Å². The number of aliphatic imine (C=N–C) groups is 1. The average Bonchev–Trinajstić information content (AvgIpc) is 2.95. The van der Waals surface area contributed by atoms with Gasteiger partial charge >= 0.3 is 0 Å². The fourth-order valence-corrected chi connectivity index (χ4v) is 2.78. The molecule has 0 saturated carbocycles. The fourth-order valence-electron chi connectivity index (χ4n) is 1.95. The second-order valence-electron chi connectivity index (χ2n) is 4.84. The van der Waals surface area contributed by atoms with Gasteiger partial charge in [0.2, 0.25) is 0 Å². The van der Waals surface area contributed by atoms with Crippen LogP contribution in [0.5, 0.6) is 5.75 Å². The van der Waals surface area contributed by atoms with Gasteiger partial charge in [-0.3, -0.25) is 4.99 Å². The second kappa shape index (κ2) is 11.5. The summed E-state index contributed by atoms with van der Waals surface area (Å²) < 4.78 is 5.62. The Balaban J connectivity index is 0.00000288. The third kappa shape index (κ3) is 7.67. The Morgan fingerprint density at radius 2 is 2.12 bits per heavy atom. The molecular formula is C16H22ClIN4OS. The number of rotatable bonds is 7. The summed E-state index contributed by atoms with van der Waals surface area (Å²) in [6, 6.07) is 7.37. The Labute approximate surface area is 168 Å². The molecule has 0 aliphatic heterocycles. The van der Waals surface area contributed by atoms with E-state index in [4.69, 9.17) is 16.3 Å². The van der Waals surface area contributed by atoms with Gasteiger partial charge in [0.25, 0.3) is 0 Å². The minimum atomic E-state index is 0. The van der Waals surface area contributed by atoms with E-state index in [-0.39, 0.29) is 24.0 Å². The summed E-state index contributed by atoms with van der Waals surface area (Å²) in [6.45, 7) is 3.99. The maximum Gasteiger partial charge on any atom is 0.191 e. The monoisotopic (exact) mass is 480 g/mol. The van der Waals surface area contributed by atoms with Crippen LogP contribution in [0.3, 0.4) is 0 Å². The molecule has 0 aliphatic rings. The van der Waals surface area contributed by atoms with Crippen LogP contribution in [0.4, 0.5) is 0 Å². The maximum atomic E-state index is 5.91. The Morgan fingerprint density at radius 1 is 1.33 bits per heavy atom. The van der Waals surface area contributed by atoms with E-state index in [1.807, 2.05) is 25.1 Å². The Bertz CT molecular complexity index is 651. The van der Waals surface area contributed by atoms with Crippen molar-refractivity contribution in [3.63, 3.8) is 0 Å². The zero-order chi connectivity index (χ0) is 16.5. The van der Waals surface area contributed by atoms with Crippen molar-refractivity contribution in [1.29, 1.82) is 0 Å². The van der Waals surface area contributed by atoms with Gasteiger partial charge in [0.1, 0.15) is 12.4 Å². The molecule has 1 aromatic heterocycles. The van der Waals surface area contributed by atoms with Gasteiger partial charge < -0.3 is 15.4 Å². The summed E-state index contributed by atoms with van der Waals surface area (Å²) in [7, 11) is 1.75. The standard InChI is InChI=1S/C16H21ClN4OS.HI/c1-12-21-14(11-23-12)6-7-19-16(18-2)20-8-9-22-15-5-3-4-13(17)10-15;/h3-5,10-11H,6-9H2,1-2H3,(H2,18,19,20);1H. The van der Waals surface area contributed by atoms with E-state index in [9.17, 15) is 0 Å². The first-order valence-electron chi connectivity index (χ1n) is 7.41.